The first-order chi connectivity index (χ1) is 14.8. The molecule has 0 saturated carbocycles. The standard InChI is InChI=1S/C30H60/c1-5-8-10-12-14-16-18-20-22-24-26-28-30(29(4)7-3)27-25-23-21-19-17-15-13-11-9-6-2/h19,21,29-30H,5-18,20,22-28H2,1-4H3/b21-19+. The van der Waals surface area contributed by atoms with Gasteiger partial charge >= 0.3 is 0 Å². The van der Waals surface area contributed by atoms with E-state index < -0.39 is 0 Å². The van der Waals surface area contributed by atoms with Gasteiger partial charge in [-0.25, -0.2) is 0 Å². The van der Waals surface area contributed by atoms with Crippen molar-refractivity contribution in [1.82, 2.24) is 0 Å². The molecule has 0 aromatic carbocycles. The molecular weight excluding hydrogens is 360 g/mol. The maximum absolute atomic E-state index is 2.50. The zero-order valence-corrected chi connectivity index (χ0v) is 21.9. The van der Waals surface area contributed by atoms with Crippen molar-refractivity contribution in [2.75, 3.05) is 0 Å². The normalized spacial score (nSPS) is 13.9. The van der Waals surface area contributed by atoms with Gasteiger partial charge in [-0.1, -0.05) is 149 Å². The minimum atomic E-state index is 0.913. The molecule has 180 valence electrons. The molecule has 0 amide bonds. The zero-order valence-electron chi connectivity index (χ0n) is 21.9. The fraction of sp³-hybridized carbons (Fsp3) is 0.933. The second-order valence-electron chi connectivity index (χ2n) is 10.1. The number of unbranched alkanes of at least 4 members (excludes halogenated alkanes) is 16. The lowest BCUT2D eigenvalue weighted by molar-refractivity contribution is 0.292. The van der Waals surface area contributed by atoms with Crippen LogP contribution in [0.25, 0.3) is 0 Å². The summed E-state index contributed by atoms with van der Waals surface area (Å²) in [5.41, 5.74) is 0. The Morgan fingerprint density at radius 2 is 0.867 bits per heavy atom. The van der Waals surface area contributed by atoms with Crippen molar-refractivity contribution < 1.29 is 0 Å². The predicted octanol–water partition coefficient (Wildman–Crippen LogP) is 11.4. The molecule has 0 saturated heterocycles. The first kappa shape index (κ1) is 29.7. The third-order valence-electron chi connectivity index (χ3n) is 7.21. The minimum absolute atomic E-state index is 0.913. The van der Waals surface area contributed by atoms with Crippen LogP contribution in [0.3, 0.4) is 0 Å². The van der Waals surface area contributed by atoms with Gasteiger partial charge in [-0.05, 0) is 43.9 Å². The Hall–Kier alpha value is -0.260. The second-order valence-corrected chi connectivity index (χ2v) is 10.1. The van der Waals surface area contributed by atoms with Crippen molar-refractivity contribution in [3.05, 3.63) is 12.2 Å². The van der Waals surface area contributed by atoms with Crippen LogP contribution in [0.2, 0.25) is 0 Å². The highest BCUT2D eigenvalue weighted by Gasteiger charge is 2.14. The highest BCUT2D eigenvalue weighted by atomic mass is 14.2. The van der Waals surface area contributed by atoms with Gasteiger partial charge in [0, 0.05) is 0 Å². The van der Waals surface area contributed by atoms with Gasteiger partial charge in [-0.2, -0.15) is 0 Å². The molecule has 0 bridgehead atoms. The van der Waals surface area contributed by atoms with Crippen molar-refractivity contribution in [2.24, 2.45) is 11.8 Å². The van der Waals surface area contributed by atoms with Crippen LogP contribution < -0.4 is 0 Å². The topological polar surface area (TPSA) is 0 Å². The van der Waals surface area contributed by atoms with Crippen molar-refractivity contribution in [3.63, 3.8) is 0 Å². The molecule has 0 heteroatoms. The average Bonchev–Trinajstić information content (AvgIpc) is 2.76. The Bertz CT molecular complexity index is 329. The van der Waals surface area contributed by atoms with Crippen molar-refractivity contribution in [3.8, 4) is 0 Å². The molecule has 30 heavy (non-hydrogen) atoms. The summed E-state index contributed by atoms with van der Waals surface area (Å²) in [4.78, 5) is 0. The molecule has 0 rings (SSSR count). The summed E-state index contributed by atoms with van der Waals surface area (Å²) in [5.74, 6) is 1.88. The minimum Gasteiger partial charge on any atom is -0.0885 e. The van der Waals surface area contributed by atoms with E-state index >= 15 is 0 Å². The SMILES string of the molecule is CCCCCCC/C=C/CCCC(CCCCCCCCCCCCC)C(C)CC. The molecule has 0 N–H and O–H groups in total. The lowest BCUT2D eigenvalue weighted by Crippen LogP contribution is -2.11. The molecule has 0 heterocycles. The van der Waals surface area contributed by atoms with Gasteiger partial charge in [0.25, 0.3) is 0 Å². The largest absolute Gasteiger partial charge is 0.0885 e. The van der Waals surface area contributed by atoms with E-state index in [9.17, 15) is 0 Å². The third kappa shape index (κ3) is 21.0. The van der Waals surface area contributed by atoms with Crippen LogP contribution in [0.1, 0.15) is 169 Å². The number of hydrogen-bond acceptors (Lipinski definition) is 0. The van der Waals surface area contributed by atoms with E-state index in [-0.39, 0.29) is 0 Å². The highest BCUT2D eigenvalue weighted by molar-refractivity contribution is 4.82. The second kappa shape index (κ2) is 25.0. The smallest absolute Gasteiger partial charge is 0.0351 e. The van der Waals surface area contributed by atoms with Crippen LogP contribution in [0.15, 0.2) is 12.2 Å². The van der Waals surface area contributed by atoms with E-state index in [1.807, 2.05) is 0 Å². The zero-order chi connectivity index (χ0) is 22.1. The number of allylic oxidation sites excluding steroid dienone is 2. The van der Waals surface area contributed by atoms with E-state index in [2.05, 4.69) is 39.8 Å². The van der Waals surface area contributed by atoms with Gasteiger partial charge in [0.2, 0.25) is 0 Å². The van der Waals surface area contributed by atoms with Crippen LogP contribution in [-0.2, 0) is 0 Å². The first-order valence-electron chi connectivity index (χ1n) is 14.4. The summed E-state index contributed by atoms with van der Waals surface area (Å²) in [6.45, 7) is 9.48. The van der Waals surface area contributed by atoms with E-state index in [1.165, 1.54) is 141 Å². The van der Waals surface area contributed by atoms with E-state index in [4.69, 9.17) is 0 Å². The van der Waals surface area contributed by atoms with Crippen molar-refractivity contribution in [1.29, 1.82) is 0 Å². The maximum Gasteiger partial charge on any atom is -0.0351 e. The maximum atomic E-state index is 2.50. The van der Waals surface area contributed by atoms with E-state index in [0.717, 1.165) is 11.8 Å². The van der Waals surface area contributed by atoms with Gasteiger partial charge in [0.1, 0.15) is 0 Å². The summed E-state index contributed by atoms with van der Waals surface area (Å²) in [7, 11) is 0. The summed E-state index contributed by atoms with van der Waals surface area (Å²) in [6.07, 6.45) is 36.3. The Morgan fingerprint density at radius 3 is 1.37 bits per heavy atom. The molecule has 0 aromatic rings. The van der Waals surface area contributed by atoms with Gasteiger partial charge in [0.05, 0.1) is 0 Å². The molecule has 0 fully saturated rings. The Kier molecular flexibility index (Phi) is 24.8. The lowest BCUT2D eigenvalue weighted by atomic mass is 9.83. The van der Waals surface area contributed by atoms with Gasteiger partial charge in [-0.3, -0.25) is 0 Å². The van der Waals surface area contributed by atoms with Crippen molar-refractivity contribution >= 4 is 0 Å². The molecule has 0 aliphatic carbocycles. The summed E-state index contributed by atoms with van der Waals surface area (Å²) in [6, 6.07) is 0. The summed E-state index contributed by atoms with van der Waals surface area (Å²) in [5, 5.41) is 0. The molecule has 2 unspecified atom stereocenters. The fourth-order valence-corrected chi connectivity index (χ4v) is 4.72. The fourth-order valence-electron chi connectivity index (χ4n) is 4.72. The van der Waals surface area contributed by atoms with Gasteiger partial charge in [-0.15, -0.1) is 0 Å². The van der Waals surface area contributed by atoms with Crippen LogP contribution in [0.4, 0.5) is 0 Å². The van der Waals surface area contributed by atoms with Crippen LogP contribution in [-0.4, -0.2) is 0 Å². The lowest BCUT2D eigenvalue weighted by Gasteiger charge is -2.23. The molecule has 0 aliphatic rings. The highest BCUT2D eigenvalue weighted by Crippen LogP contribution is 2.27. The molecule has 0 aliphatic heterocycles. The molecule has 2 atom stereocenters. The number of rotatable bonds is 24. The molecule has 0 nitrogen and oxygen atoms in total. The van der Waals surface area contributed by atoms with E-state index in [0.29, 0.717) is 0 Å². The van der Waals surface area contributed by atoms with E-state index in [1.54, 1.807) is 0 Å². The molecule has 0 radical (unpaired) electrons. The van der Waals surface area contributed by atoms with Crippen molar-refractivity contribution in [2.45, 2.75) is 169 Å². The molecule has 0 spiro atoms. The van der Waals surface area contributed by atoms with Crippen LogP contribution >= 0.6 is 0 Å². The van der Waals surface area contributed by atoms with Gasteiger partial charge in [0.15, 0.2) is 0 Å². The monoisotopic (exact) mass is 420 g/mol. The Balaban J connectivity index is 3.65. The molecule has 0 aromatic heterocycles. The third-order valence-corrected chi connectivity index (χ3v) is 7.21. The molecular formula is C30H60. The first-order valence-corrected chi connectivity index (χ1v) is 14.4. The average molecular weight is 421 g/mol. The Morgan fingerprint density at radius 1 is 0.467 bits per heavy atom. The Labute approximate surface area is 193 Å². The number of hydrogen-bond donors (Lipinski definition) is 0. The van der Waals surface area contributed by atoms with Crippen LogP contribution in [0.5, 0.6) is 0 Å². The van der Waals surface area contributed by atoms with Crippen LogP contribution in [0, 0.1) is 11.8 Å². The predicted molar refractivity (Wildman–Crippen MR) is 140 cm³/mol. The summed E-state index contributed by atoms with van der Waals surface area (Å²) < 4.78 is 0. The summed E-state index contributed by atoms with van der Waals surface area (Å²) >= 11 is 0. The van der Waals surface area contributed by atoms with Gasteiger partial charge < -0.3 is 0 Å². The quantitative estimate of drug-likeness (QED) is 0.107.